The maximum Gasteiger partial charge on any atom is 0.513 e. The molecule has 6 rings (SSSR count). The summed E-state index contributed by atoms with van der Waals surface area (Å²) >= 11 is 0. The molecule has 1 fully saturated rings. The zero-order valence-electron chi connectivity index (χ0n) is 22.5. The number of H-pyrrole nitrogens is 1. The van der Waals surface area contributed by atoms with Crippen molar-refractivity contribution in [1.82, 2.24) is 9.88 Å². The van der Waals surface area contributed by atoms with Gasteiger partial charge in [-0.3, -0.25) is 4.90 Å². The molecule has 4 aromatic rings. The highest BCUT2D eigenvalue weighted by molar-refractivity contribution is 5.88. The number of ether oxygens (including phenoxy) is 5. The highest BCUT2D eigenvalue weighted by atomic mass is 16.7. The molecule has 0 aliphatic carbocycles. The molecular weight excluding hydrogens is 528 g/mol. The summed E-state index contributed by atoms with van der Waals surface area (Å²) in [4.78, 5) is 30.5. The van der Waals surface area contributed by atoms with Crippen molar-refractivity contribution in [1.29, 1.82) is 5.26 Å². The molecule has 11 nitrogen and oxygen atoms in total. The Morgan fingerprint density at radius 2 is 1.78 bits per heavy atom. The molecule has 0 spiro atoms. The number of anilines is 1. The van der Waals surface area contributed by atoms with Crippen LogP contribution in [0.1, 0.15) is 34.5 Å². The zero-order chi connectivity index (χ0) is 28.7. The quantitative estimate of drug-likeness (QED) is 0.241. The minimum atomic E-state index is -0.926. The molecule has 2 aliphatic heterocycles. The lowest BCUT2D eigenvalue weighted by atomic mass is 9.85. The van der Waals surface area contributed by atoms with Crippen molar-refractivity contribution in [2.24, 2.45) is 0 Å². The van der Waals surface area contributed by atoms with Crippen LogP contribution >= 0.6 is 0 Å². The van der Waals surface area contributed by atoms with E-state index in [0.29, 0.717) is 11.1 Å². The van der Waals surface area contributed by atoms with Crippen molar-refractivity contribution in [2.45, 2.75) is 18.1 Å². The van der Waals surface area contributed by atoms with E-state index < -0.39 is 18.3 Å². The molecule has 3 atom stereocenters. The molecule has 0 bridgehead atoms. The molecule has 0 saturated carbocycles. The number of benzene rings is 3. The first-order chi connectivity index (χ1) is 20.0. The van der Waals surface area contributed by atoms with Gasteiger partial charge in [-0.2, -0.15) is 5.26 Å². The Balaban J connectivity index is 1.54. The predicted molar refractivity (Wildman–Crippen MR) is 147 cm³/mol. The number of hydrogen-bond donors (Lipinski definition) is 2. The number of carbonyl (C=O) groups is 2. The number of cyclic esters (lactones) is 1. The minimum absolute atomic E-state index is 0.0548. The number of amides is 1. The summed E-state index contributed by atoms with van der Waals surface area (Å²) in [5.41, 5.74) is 4.70. The number of nitrogens with zero attached hydrogens (tertiary/aromatic N) is 2. The first-order valence-electron chi connectivity index (χ1n) is 12.8. The van der Waals surface area contributed by atoms with Crippen molar-refractivity contribution in [3.8, 4) is 23.3 Å². The first-order valence-corrected chi connectivity index (χ1v) is 12.8. The summed E-state index contributed by atoms with van der Waals surface area (Å²) in [6.07, 6.45) is -1.39. The molecule has 2 aliphatic rings. The van der Waals surface area contributed by atoms with Gasteiger partial charge in [0, 0.05) is 27.8 Å². The van der Waals surface area contributed by atoms with E-state index in [1.165, 1.54) is 21.3 Å². The van der Waals surface area contributed by atoms with E-state index in [4.69, 9.17) is 18.9 Å². The summed E-state index contributed by atoms with van der Waals surface area (Å²) in [7, 11) is 4.10. The highest BCUT2D eigenvalue weighted by Crippen LogP contribution is 2.51. The lowest BCUT2D eigenvalue weighted by molar-refractivity contribution is 0.118. The molecule has 0 unspecified atom stereocenters. The average molecular weight is 555 g/mol. The minimum Gasteiger partial charge on any atom is -0.493 e. The predicted octanol–water partition coefficient (Wildman–Crippen LogP) is 5.28. The van der Waals surface area contributed by atoms with E-state index in [9.17, 15) is 14.9 Å². The van der Waals surface area contributed by atoms with Crippen LogP contribution in [0.4, 0.5) is 15.3 Å². The second kappa shape index (κ2) is 10.3. The van der Waals surface area contributed by atoms with Crippen molar-refractivity contribution in [3.63, 3.8) is 0 Å². The number of hydrogen-bond acceptors (Lipinski definition) is 9. The van der Waals surface area contributed by atoms with Gasteiger partial charge < -0.3 is 34.0 Å². The average Bonchev–Trinajstić information content (AvgIpc) is 3.58. The van der Waals surface area contributed by atoms with Gasteiger partial charge in [0.1, 0.15) is 12.6 Å². The number of para-hydroxylation sites is 1. The number of methoxy groups -OCH3 is 3. The van der Waals surface area contributed by atoms with E-state index in [1.54, 1.807) is 29.2 Å². The van der Waals surface area contributed by atoms with E-state index in [0.717, 1.165) is 27.8 Å². The van der Waals surface area contributed by atoms with Crippen molar-refractivity contribution in [2.75, 3.05) is 33.3 Å². The van der Waals surface area contributed by atoms with Gasteiger partial charge in [-0.05, 0) is 48.0 Å². The third kappa shape index (κ3) is 4.30. The summed E-state index contributed by atoms with van der Waals surface area (Å²) in [5.74, 6) is 0.507. The number of nitriles is 1. The summed E-state index contributed by atoms with van der Waals surface area (Å²) in [5, 5.41) is 13.8. The van der Waals surface area contributed by atoms with Gasteiger partial charge in [0.25, 0.3) is 0 Å². The first kappa shape index (κ1) is 25.9. The van der Waals surface area contributed by atoms with Crippen LogP contribution in [0.25, 0.3) is 10.9 Å². The van der Waals surface area contributed by atoms with E-state index in [2.05, 4.69) is 21.1 Å². The van der Waals surface area contributed by atoms with Gasteiger partial charge in [0.15, 0.2) is 11.5 Å². The Labute approximate surface area is 235 Å². The Morgan fingerprint density at radius 1 is 1.07 bits per heavy atom. The third-order valence-corrected chi connectivity index (χ3v) is 7.46. The monoisotopic (exact) mass is 554 g/mol. The number of aromatic nitrogens is 1. The van der Waals surface area contributed by atoms with Crippen LogP contribution in [0.3, 0.4) is 0 Å². The molecule has 0 radical (unpaired) electrons. The highest BCUT2D eigenvalue weighted by Gasteiger charge is 2.51. The lowest BCUT2D eigenvalue weighted by Gasteiger charge is -2.41. The standard InChI is InChI=1S/C30H26N4O7/c1-37-22-12-17(13-23(38-2)28(22)41-30(36)39-3)27-26-24(19-6-4-5-7-20(19)33-26)25(21-15-40-29(35)34(21)27)32-18-10-8-16(14-31)9-11-18/h4-13,21,25,27,32-33H,15H2,1-3H3/t21-,25+,27-/m1/s1. The molecule has 3 aromatic carbocycles. The summed E-state index contributed by atoms with van der Waals surface area (Å²) in [6, 6.07) is 19.4. The summed E-state index contributed by atoms with van der Waals surface area (Å²) < 4.78 is 26.7. The number of fused-ring (bicyclic) bond motifs is 4. The number of rotatable bonds is 6. The third-order valence-electron chi connectivity index (χ3n) is 7.46. The molecule has 208 valence electrons. The smallest absolute Gasteiger partial charge is 0.493 e. The Bertz CT molecular complexity index is 1670. The van der Waals surface area contributed by atoms with Gasteiger partial charge in [-0.15, -0.1) is 0 Å². The van der Waals surface area contributed by atoms with Crippen LogP contribution < -0.4 is 19.5 Å². The van der Waals surface area contributed by atoms with E-state index in [-0.39, 0.29) is 35.9 Å². The van der Waals surface area contributed by atoms with Crippen molar-refractivity contribution < 1.29 is 33.3 Å². The lowest BCUT2D eigenvalue weighted by Crippen LogP contribution is -2.47. The van der Waals surface area contributed by atoms with E-state index in [1.807, 2.05) is 36.4 Å². The second-order valence-corrected chi connectivity index (χ2v) is 9.57. The molecule has 3 heterocycles. The van der Waals surface area contributed by atoms with Crippen LogP contribution in [-0.4, -0.2) is 56.1 Å². The van der Waals surface area contributed by atoms with Gasteiger partial charge in [-0.1, -0.05) is 18.2 Å². The maximum atomic E-state index is 13.3. The van der Waals surface area contributed by atoms with Crippen molar-refractivity contribution >= 4 is 28.8 Å². The fourth-order valence-electron chi connectivity index (χ4n) is 5.67. The number of carbonyl (C=O) groups excluding carboxylic acids is 2. The fraction of sp³-hybridized carbons (Fsp3) is 0.233. The van der Waals surface area contributed by atoms with Gasteiger partial charge >= 0.3 is 12.2 Å². The Morgan fingerprint density at radius 3 is 2.44 bits per heavy atom. The maximum absolute atomic E-state index is 13.3. The Hall–Kier alpha value is -5.37. The SMILES string of the molecule is COC(=O)Oc1c(OC)cc([C@@H]2c3[nH]c4ccccc4c3[C@@H](Nc3ccc(C#N)cc3)[C@H]3COC(=O)N23)cc1OC. The van der Waals surface area contributed by atoms with Crippen LogP contribution in [0, 0.1) is 11.3 Å². The molecule has 41 heavy (non-hydrogen) atoms. The largest absolute Gasteiger partial charge is 0.513 e. The van der Waals surface area contributed by atoms with Crippen molar-refractivity contribution in [3.05, 3.63) is 83.0 Å². The van der Waals surface area contributed by atoms with Crippen LogP contribution in [0.2, 0.25) is 0 Å². The molecule has 1 saturated heterocycles. The van der Waals surface area contributed by atoms with Crippen LogP contribution in [0.15, 0.2) is 60.7 Å². The van der Waals surface area contributed by atoms with Gasteiger partial charge in [0.2, 0.25) is 5.75 Å². The Kier molecular flexibility index (Phi) is 6.51. The summed E-state index contributed by atoms with van der Waals surface area (Å²) in [6.45, 7) is 0.167. The van der Waals surface area contributed by atoms with E-state index >= 15 is 0 Å². The number of aromatic amines is 1. The molecule has 2 N–H and O–H groups in total. The molecule has 11 heteroatoms. The van der Waals surface area contributed by atoms with Crippen LogP contribution in [-0.2, 0) is 9.47 Å². The zero-order valence-corrected chi connectivity index (χ0v) is 22.5. The van der Waals surface area contributed by atoms with Gasteiger partial charge in [-0.25, -0.2) is 9.59 Å². The second-order valence-electron chi connectivity index (χ2n) is 9.57. The molecule has 1 amide bonds. The fourth-order valence-corrected chi connectivity index (χ4v) is 5.67. The van der Waals surface area contributed by atoms with Crippen LogP contribution in [0.5, 0.6) is 17.2 Å². The normalized spacial score (nSPS) is 19.0. The topological polar surface area (TPSA) is 135 Å². The molecule has 1 aromatic heterocycles. The molecular formula is C30H26N4O7. The number of nitrogens with one attached hydrogen (secondary N) is 2. The van der Waals surface area contributed by atoms with Gasteiger partial charge in [0.05, 0.1) is 45.0 Å².